The summed E-state index contributed by atoms with van der Waals surface area (Å²) in [6.07, 6.45) is 13.8. The van der Waals surface area contributed by atoms with Gasteiger partial charge < -0.3 is 20.3 Å². The fraction of sp³-hybridized carbons (Fsp3) is 0.650. The molecule has 7 nitrogen and oxygen atoms in total. The highest BCUT2D eigenvalue weighted by Gasteiger charge is 2.72. The van der Waals surface area contributed by atoms with Crippen molar-refractivity contribution in [3.63, 3.8) is 0 Å². The maximum absolute atomic E-state index is 13.2. The summed E-state index contributed by atoms with van der Waals surface area (Å²) in [7, 11) is 1.54. The first-order valence-corrected chi connectivity index (χ1v) is 9.66. The van der Waals surface area contributed by atoms with Crippen LogP contribution in [-0.4, -0.2) is 60.0 Å². The van der Waals surface area contributed by atoms with Crippen LogP contribution >= 0.6 is 0 Å². The van der Waals surface area contributed by atoms with Gasteiger partial charge in [0.1, 0.15) is 11.6 Å². The molecule has 5 atom stereocenters. The van der Waals surface area contributed by atoms with E-state index in [0.29, 0.717) is 0 Å². The molecule has 144 valence electrons. The normalized spacial score (nSPS) is 37.2. The summed E-state index contributed by atoms with van der Waals surface area (Å²) in [6, 6.07) is -0.731. The van der Waals surface area contributed by atoms with Crippen molar-refractivity contribution in [2.75, 3.05) is 13.6 Å². The first-order valence-electron chi connectivity index (χ1n) is 9.66. The summed E-state index contributed by atoms with van der Waals surface area (Å²) >= 11 is 0. The maximum Gasteiger partial charge on any atom is 0.246 e. The van der Waals surface area contributed by atoms with Crippen LogP contribution in [0.3, 0.4) is 0 Å². The SMILES string of the molecule is C#CCN1C(=O)[C@@H]2[C@@H](C(=O)NC)[C@H]3C=C[C@@]2(O3)[C@H]1C(=O)NC1CCCCC1. The largest absolute Gasteiger partial charge is 0.359 e. The van der Waals surface area contributed by atoms with Crippen LogP contribution in [0, 0.1) is 24.2 Å². The zero-order valence-electron chi connectivity index (χ0n) is 15.4. The molecule has 3 heterocycles. The molecule has 2 saturated heterocycles. The molecule has 3 fully saturated rings. The average Bonchev–Trinajstić information content (AvgIpc) is 3.30. The fourth-order valence-corrected chi connectivity index (χ4v) is 5.23. The van der Waals surface area contributed by atoms with Gasteiger partial charge in [-0.15, -0.1) is 6.42 Å². The molecule has 0 aromatic rings. The van der Waals surface area contributed by atoms with Crippen LogP contribution in [0.15, 0.2) is 12.2 Å². The number of fused-ring (bicyclic) bond motifs is 1. The predicted molar refractivity (Wildman–Crippen MR) is 97.1 cm³/mol. The van der Waals surface area contributed by atoms with E-state index in [1.165, 1.54) is 18.4 Å². The molecule has 0 unspecified atom stereocenters. The molecule has 2 N–H and O–H groups in total. The number of amides is 3. The molecular weight excluding hydrogens is 346 g/mol. The van der Waals surface area contributed by atoms with Crippen LogP contribution in [0.5, 0.6) is 0 Å². The standard InChI is InChI=1S/C20H25N3O4/c1-3-11-23-16(18(25)22-12-7-5-4-6-8-12)20-10-9-13(27-20)14(17(24)21-2)15(20)19(23)26/h1,9-10,12-16H,4-8,11H2,2H3,(H,21,24)(H,22,25)/t13-,14+,15+,16-,20+/m1/s1. The lowest BCUT2D eigenvalue weighted by Gasteiger charge is -2.33. The summed E-state index contributed by atoms with van der Waals surface area (Å²) in [6.45, 7) is 0.0160. The molecule has 3 amide bonds. The topological polar surface area (TPSA) is 87.7 Å². The summed E-state index contributed by atoms with van der Waals surface area (Å²) < 4.78 is 6.13. The van der Waals surface area contributed by atoms with Gasteiger partial charge in [0.15, 0.2) is 0 Å². The Bertz CT molecular complexity index is 736. The van der Waals surface area contributed by atoms with E-state index in [1.807, 2.05) is 0 Å². The first-order chi connectivity index (χ1) is 13.0. The minimum atomic E-state index is -1.12. The Morgan fingerprint density at radius 2 is 2.07 bits per heavy atom. The minimum Gasteiger partial charge on any atom is -0.359 e. The molecule has 4 aliphatic rings. The Kier molecular flexibility index (Phi) is 4.47. The molecule has 27 heavy (non-hydrogen) atoms. The Labute approximate surface area is 158 Å². The van der Waals surface area contributed by atoms with Gasteiger partial charge in [-0.05, 0) is 12.8 Å². The third-order valence-corrected chi connectivity index (χ3v) is 6.38. The van der Waals surface area contributed by atoms with Crippen LogP contribution in [0.4, 0.5) is 0 Å². The van der Waals surface area contributed by atoms with Gasteiger partial charge in [-0.3, -0.25) is 14.4 Å². The second kappa shape index (κ2) is 6.68. The molecule has 7 heteroatoms. The Morgan fingerprint density at radius 1 is 1.33 bits per heavy atom. The molecule has 3 aliphatic heterocycles. The molecule has 4 rings (SSSR count). The van der Waals surface area contributed by atoms with Crippen molar-refractivity contribution in [3.8, 4) is 12.3 Å². The minimum absolute atomic E-state index is 0.0160. The molecule has 1 spiro atoms. The molecule has 2 bridgehead atoms. The highest BCUT2D eigenvalue weighted by Crippen LogP contribution is 2.54. The number of hydrogen-bond acceptors (Lipinski definition) is 4. The number of rotatable bonds is 4. The van der Waals surface area contributed by atoms with E-state index >= 15 is 0 Å². The van der Waals surface area contributed by atoms with Crippen LogP contribution in [0.25, 0.3) is 0 Å². The number of hydrogen-bond donors (Lipinski definition) is 2. The Hall–Kier alpha value is -2.33. The van der Waals surface area contributed by atoms with Crippen molar-refractivity contribution < 1.29 is 19.1 Å². The molecule has 0 aromatic heterocycles. The van der Waals surface area contributed by atoms with Crippen LogP contribution < -0.4 is 10.6 Å². The quantitative estimate of drug-likeness (QED) is 0.536. The predicted octanol–water partition coefficient (Wildman–Crippen LogP) is -0.0349. The van der Waals surface area contributed by atoms with E-state index in [0.717, 1.165) is 25.7 Å². The van der Waals surface area contributed by atoms with Crippen molar-refractivity contribution >= 4 is 17.7 Å². The molecular formula is C20H25N3O4. The lowest BCUT2D eigenvalue weighted by Crippen LogP contribution is -2.56. The number of nitrogens with one attached hydrogen (secondary N) is 2. The van der Waals surface area contributed by atoms with Crippen molar-refractivity contribution in [2.24, 2.45) is 11.8 Å². The van der Waals surface area contributed by atoms with Gasteiger partial charge in [0.2, 0.25) is 17.7 Å². The van der Waals surface area contributed by atoms with Crippen molar-refractivity contribution in [2.45, 2.75) is 55.9 Å². The number of nitrogens with zero attached hydrogens (tertiary/aromatic N) is 1. The number of carbonyl (C=O) groups excluding carboxylic acids is 3. The molecule has 1 saturated carbocycles. The molecule has 1 aliphatic carbocycles. The van der Waals surface area contributed by atoms with Gasteiger partial charge in [0.25, 0.3) is 0 Å². The summed E-state index contributed by atoms with van der Waals surface area (Å²) in [5, 5.41) is 5.72. The monoisotopic (exact) mass is 371 g/mol. The van der Waals surface area contributed by atoms with E-state index < -0.39 is 29.6 Å². The molecule has 0 aromatic carbocycles. The van der Waals surface area contributed by atoms with Gasteiger partial charge in [0.05, 0.1) is 24.5 Å². The third-order valence-electron chi connectivity index (χ3n) is 6.38. The molecule has 0 radical (unpaired) electrons. The van der Waals surface area contributed by atoms with E-state index in [1.54, 1.807) is 12.2 Å². The van der Waals surface area contributed by atoms with E-state index in [2.05, 4.69) is 16.6 Å². The Balaban J connectivity index is 1.66. The maximum atomic E-state index is 13.2. The zero-order chi connectivity index (χ0) is 19.2. The van der Waals surface area contributed by atoms with E-state index in [-0.39, 0.29) is 30.3 Å². The number of carbonyl (C=O) groups is 3. The summed E-state index contributed by atoms with van der Waals surface area (Å²) in [5.74, 6) is 0.346. The zero-order valence-corrected chi connectivity index (χ0v) is 15.4. The van der Waals surface area contributed by atoms with Crippen molar-refractivity contribution in [3.05, 3.63) is 12.2 Å². The smallest absolute Gasteiger partial charge is 0.246 e. The number of likely N-dealkylation sites (tertiary alicyclic amines) is 1. The van der Waals surface area contributed by atoms with Gasteiger partial charge in [0, 0.05) is 13.1 Å². The second-order valence-electron chi connectivity index (χ2n) is 7.83. The van der Waals surface area contributed by atoms with E-state index in [9.17, 15) is 14.4 Å². The number of terminal acetylenes is 1. The van der Waals surface area contributed by atoms with Gasteiger partial charge in [-0.1, -0.05) is 37.3 Å². The van der Waals surface area contributed by atoms with Crippen LogP contribution in [0.1, 0.15) is 32.1 Å². The van der Waals surface area contributed by atoms with Crippen LogP contribution in [-0.2, 0) is 19.1 Å². The average molecular weight is 371 g/mol. The lowest BCUT2D eigenvalue weighted by atomic mass is 9.74. The third kappa shape index (κ3) is 2.58. The highest BCUT2D eigenvalue weighted by atomic mass is 16.5. The van der Waals surface area contributed by atoms with Crippen molar-refractivity contribution in [1.82, 2.24) is 15.5 Å². The summed E-state index contributed by atoms with van der Waals surface area (Å²) in [5.41, 5.74) is -1.12. The lowest BCUT2D eigenvalue weighted by molar-refractivity contribution is -0.141. The van der Waals surface area contributed by atoms with Gasteiger partial charge >= 0.3 is 0 Å². The first kappa shape index (κ1) is 18.1. The summed E-state index contributed by atoms with van der Waals surface area (Å²) in [4.78, 5) is 40.2. The van der Waals surface area contributed by atoms with Gasteiger partial charge in [-0.25, -0.2) is 0 Å². The second-order valence-corrected chi connectivity index (χ2v) is 7.83. The van der Waals surface area contributed by atoms with Gasteiger partial charge in [-0.2, -0.15) is 0 Å². The van der Waals surface area contributed by atoms with Crippen LogP contribution in [0.2, 0.25) is 0 Å². The Morgan fingerprint density at radius 3 is 2.74 bits per heavy atom. The highest BCUT2D eigenvalue weighted by molar-refractivity contribution is 6.00. The number of ether oxygens (including phenoxy) is 1. The fourth-order valence-electron chi connectivity index (χ4n) is 5.23. The van der Waals surface area contributed by atoms with Crippen molar-refractivity contribution in [1.29, 1.82) is 0 Å². The van der Waals surface area contributed by atoms with E-state index in [4.69, 9.17) is 11.2 Å².